The van der Waals surface area contributed by atoms with Crippen molar-refractivity contribution >= 4 is 56.4 Å². The molecule has 0 unspecified atom stereocenters. The number of fused-ring (bicyclic) bond motifs is 1. The van der Waals surface area contributed by atoms with E-state index in [-0.39, 0.29) is 25.3 Å². The highest BCUT2D eigenvalue weighted by molar-refractivity contribution is 7.99. The van der Waals surface area contributed by atoms with Crippen LogP contribution in [0.3, 0.4) is 0 Å². The average molecular weight is 762 g/mol. The smallest absolute Gasteiger partial charge is 0.408 e. The van der Waals surface area contributed by atoms with E-state index >= 15 is 0 Å². The van der Waals surface area contributed by atoms with Crippen LogP contribution in [0.1, 0.15) is 74.1 Å². The predicted octanol–water partition coefficient (Wildman–Crippen LogP) is 4.31. The minimum absolute atomic E-state index is 0.00333. The molecule has 16 heteroatoms. The van der Waals surface area contributed by atoms with E-state index in [9.17, 15) is 27.6 Å². The van der Waals surface area contributed by atoms with Gasteiger partial charge in [-0.15, -0.1) is 18.3 Å². The second kappa shape index (κ2) is 15.5. The van der Waals surface area contributed by atoms with E-state index in [1.807, 2.05) is 24.5 Å². The molecule has 286 valence electrons. The second-order valence-corrected chi connectivity index (χ2v) is 18.2. The monoisotopic (exact) mass is 761 g/mol. The summed E-state index contributed by atoms with van der Waals surface area (Å²) < 4.78 is 44.9. The predicted molar refractivity (Wildman–Crippen MR) is 199 cm³/mol. The lowest BCUT2D eigenvalue weighted by atomic mass is 9.85. The van der Waals surface area contributed by atoms with Gasteiger partial charge in [0, 0.05) is 23.4 Å². The molecule has 0 spiro atoms. The third-order valence-corrected chi connectivity index (χ3v) is 11.4. The SMILES string of the molecule is C=CC[C@](C)(NC(=O)[C@H]1C[C@@H](Oc2nccc3c(SC)c(OC)ccc23)CN1C(=O)[C@@H](NC(=O)OC(C)(C)C)C(C)(C)C)C(=O)NS(=O)(=O)C1CC1. The lowest BCUT2D eigenvalue weighted by Gasteiger charge is -2.36. The van der Waals surface area contributed by atoms with Crippen molar-refractivity contribution < 1.29 is 41.8 Å². The van der Waals surface area contributed by atoms with E-state index in [4.69, 9.17) is 14.2 Å². The van der Waals surface area contributed by atoms with Gasteiger partial charge >= 0.3 is 6.09 Å². The number of amides is 4. The number of alkyl carbamates (subject to hydrolysis) is 1. The first-order chi connectivity index (χ1) is 24.1. The molecule has 2 aromatic rings. The van der Waals surface area contributed by atoms with Crippen molar-refractivity contribution in [3.8, 4) is 11.6 Å². The Hall–Kier alpha value is -4.05. The minimum Gasteiger partial charge on any atom is -0.496 e. The molecule has 4 rings (SSSR count). The molecule has 0 bridgehead atoms. The third kappa shape index (κ3) is 9.48. The number of thioether (sulfide) groups is 1. The molecule has 52 heavy (non-hydrogen) atoms. The summed E-state index contributed by atoms with van der Waals surface area (Å²) in [6.07, 6.45) is 4.17. The van der Waals surface area contributed by atoms with Crippen LogP contribution in [0.15, 0.2) is 41.9 Å². The molecule has 3 N–H and O–H groups in total. The molecule has 0 radical (unpaired) electrons. The highest BCUT2D eigenvalue weighted by Crippen LogP contribution is 2.39. The van der Waals surface area contributed by atoms with E-state index in [2.05, 4.69) is 26.9 Å². The number of benzene rings is 1. The summed E-state index contributed by atoms with van der Waals surface area (Å²) in [7, 11) is -2.34. The first-order valence-electron chi connectivity index (χ1n) is 17.1. The van der Waals surface area contributed by atoms with Crippen LogP contribution in [0.5, 0.6) is 11.6 Å². The Morgan fingerprint density at radius 2 is 1.75 bits per heavy atom. The summed E-state index contributed by atoms with van der Waals surface area (Å²) in [5.41, 5.74) is -3.39. The van der Waals surface area contributed by atoms with Crippen molar-refractivity contribution in [1.82, 2.24) is 25.2 Å². The van der Waals surface area contributed by atoms with Gasteiger partial charge in [0.15, 0.2) is 0 Å². The summed E-state index contributed by atoms with van der Waals surface area (Å²) in [5, 5.41) is 6.29. The van der Waals surface area contributed by atoms with Gasteiger partial charge in [-0.1, -0.05) is 26.8 Å². The highest BCUT2D eigenvalue weighted by atomic mass is 32.2. The van der Waals surface area contributed by atoms with Crippen molar-refractivity contribution in [3.63, 3.8) is 0 Å². The van der Waals surface area contributed by atoms with Gasteiger partial charge in [0.2, 0.25) is 27.7 Å². The maximum Gasteiger partial charge on any atom is 0.408 e. The number of carbonyl (C=O) groups excluding carboxylic acids is 4. The number of hydrogen-bond acceptors (Lipinski definition) is 11. The fraction of sp³-hybridized carbons (Fsp3) is 0.583. The first kappa shape index (κ1) is 40.7. The third-order valence-electron chi connectivity index (χ3n) is 8.80. The summed E-state index contributed by atoms with van der Waals surface area (Å²) in [6, 6.07) is 3.18. The molecule has 14 nitrogen and oxygen atoms in total. The number of nitrogens with zero attached hydrogens (tertiary/aromatic N) is 2. The maximum atomic E-state index is 14.5. The van der Waals surface area contributed by atoms with Crippen molar-refractivity contribution in [2.45, 2.75) is 114 Å². The second-order valence-electron chi connectivity index (χ2n) is 15.4. The molecule has 1 aliphatic carbocycles. The molecular formula is C36H51N5O9S2. The summed E-state index contributed by atoms with van der Waals surface area (Å²) in [4.78, 5) is 61.8. The van der Waals surface area contributed by atoms with Crippen molar-refractivity contribution in [2.24, 2.45) is 5.41 Å². The fourth-order valence-electron chi connectivity index (χ4n) is 5.97. The number of hydrogen-bond donors (Lipinski definition) is 3. The van der Waals surface area contributed by atoms with E-state index < -0.39 is 73.8 Å². The zero-order chi connectivity index (χ0) is 38.8. The number of carbonyl (C=O) groups is 4. The zero-order valence-electron chi connectivity index (χ0n) is 31.3. The summed E-state index contributed by atoms with van der Waals surface area (Å²) in [6.45, 7) is 15.5. The van der Waals surface area contributed by atoms with Crippen molar-refractivity contribution in [3.05, 3.63) is 37.1 Å². The molecule has 1 aromatic carbocycles. The van der Waals surface area contributed by atoms with Gasteiger partial charge in [0.1, 0.15) is 35.1 Å². The molecule has 2 aliphatic rings. The number of methoxy groups -OCH3 is 1. The molecule has 2 heterocycles. The summed E-state index contributed by atoms with van der Waals surface area (Å²) in [5.74, 6) is -1.23. The Morgan fingerprint density at radius 1 is 1.08 bits per heavy atom. The number of ether oxygens (including phenoxy) is 3. The Kier molecular flexibility index (Phi) is 12.1. The van der Waals surface area contributed by atoms with Gasteiger partial charge in [-0.05, 0) is 76.8 Å². The zero-order valence-corrected chi connectivity index (χ0v) is 33.0. The van der Waals surface area contributed by atoms with Gasteiger partial charge in [-0.3, -0.25) is 19.1 Å². The Balaban J connectivity index is 1.70. The van der Waals surface area contributed by atoms with E-state index in [0.717, 1.165) is 10.3 Å². The lowest BCUT2D eigenvalue weighted by Crippen LogP contribution is -2.62. The number of nitrogens with one attached hydrogen (secondary N) is 3. The van der Waals surface area contributed by atoms with Crippen LogP contribution in [-0.2, 0) is 29.1 Å². The van der Waals surface area contributed by atoms with Crippen molar-refractivity contribution in [1.29, 1.82) is 0 Å². The number of likely N-dealkylation sites (tertiary alicyclic amines) is 1. The lowest BCUT2D eigenvalue weighted by molar-refractivity contribution is -0.143. The van der Waals surface area contributed by atoms with Gasteiger partial charge in [0.05, 0.1) is 23.8 Å². The van der Waals surface area contributed by atoms with Gasteiger partial charge in [-0.25, -0.2) is 18.2 Å². The largest absolute Gasteiger partial charge is 0.496 e. The molecular weight excluding hydrogens is 711 g/mol. The van der Waals surface area contributed by atoms with Crippen LogP contribution in [-0.4, -0.2) is 96.6 Å². The molecule has 1 aliphatic heterocycles. The molecule has 4 amide bonds. The number of pyridine rings is 1. The Labute approximate surface area is 310 Å². The Morgan fingerprint density at radius 3 is 2.31 bits per heavy atom. The molecule has 1 saturated carbocycles. The molecule has 4 atom stereocenters. The van der Waals surface area contributed by atoms with E-state index in [1.54, 1.807) is 54.8 Å². The van der Waals surface area contributed by atoms with Crippen LogP contribution in [0, 0.1) is 5.41 Å². The summed E-state index contributed by atoms with van der Waals surface area (Å²) >= 11 is 1.51. The van der Waals surface area contributed by atoms with Gasteiger partial charge in [-0.2, -0.15) is 0 Å². The van der Waals surface area contributed by atoms with Crippen LogP contribution >= 0.6 is 11.8 Å². The minimum atomic E-state index is -3.93. The van der Waals surface area contributed by atoms with Gasteiger partial charge in [0.25, 0.3) is 5.91 Å². The molecule has 1 saturated heterocycles. The quantitative estimate of drug-likeness (QED) is 0.195. The average Bonchev–Trinajstić information content (AvgIpc) is 3.82. The van der Waals surface area contributed by atoms with Crippen LogP contribution < -0.4 is 24.8 Å². The maximum absolute atomic E-state index is 14.5. The standard InChI is InChI=1S/C36H51N5O9S2/c1-11-17-36(8,32(44)40-52(46,47)22-12-13-22)39-29(42)25-19-21(49-30-24-14-15-26(48-9)27(51-10)23(24)16-18-37-30)20-41(25)31(43)28(34(2,3)4)38-33(45)50-35(5,6)7/h11,14-16,18,21-22,25,28H,1,12-13,17,19-20H2,2-10H3,(H,38,45)(H,39,42)(H,40,44)/t21-,25-,28-,36+/m1/s1. The topological polar surface area (TPSA) is 182 Å². The van der Waals surface area contributed by atoms with Crippen LogP contribution in [0.4, 0.5) is 4.79 Å². The van der Waals surface area contributed by atoms with Crippen LogP contribution in [0.25, 0.3) is 10.8 Å². The number of sulfonamides is 1. The highest BCUT2D eigenvalue weighted by Gasteiger charge is 2.49. The van der Waals surface area contributed by atoms with Gasteiger partial charge < -0.3 is 29.7 Å². The molecule has 2 fully saturated rings. The molecule has 1 aromatic heterocycles. The van der Waals surface area contributed by atoms with E-state index in [0.29, 0.717) is 24.0 Å². The van der Waals surface area contributed by atoms with Crippen LogP contribution in [0.2, 0.25) is 0 Å². The van der Waals surface area contributed by atoms with E-state index in [1.165, 1.54) is 29.7 Å². The Bertz CT molecular complexity index is 1820. The fourth-order valence-corrected chi connectivity index (χ4v) is 8.12. The number of aromatic nitrogens is 1. The first-order valence-corrected chi connectivity index (χ1v) is 19.9. The number of rotatable bonds is 13. The normalized spacial score (nSPS) is 19.6. The van der Waals surface area contributed by atoms with Crippen molar-refractivity contribution in [2.75, 3.05) is 19.9 Å².